The Morgan fingerprint density at radius 1 is 1.15 bits per heavy atom. The van der Waals surface area contributed by atoms with Crippen LogP contribution in [-0.4, -0.2) is 81.7 Å². The van der Waals surface area contributed by atoms with Crippen molar-refractivity contribution in [2.45, 2.75) is 84.1 Å². The summed E-state index contributed by atoms with van der Waals surface area (Å²) in [7, 11) is 1.53. The fourth-order valence-electron chi connectivity index (χ4n) is 4.91. The lowest BCUT2D eigenvalue weighted by Crippen LogP contribution is -2.58. The van der Waals surface area contributed by atoms with Crippen molar-refractivity contribution in [1.82, 2.24) is 20.1 Å². The zero-order valence-electron chi connectivity index (χ0n) is 24.6. The maximum atomic E-state index is 14.3. The van der Waals surface area contributed by atoms with Crippen LogP contribution in [0.3, 0.4) is 0 Å². The summed E-state index contributed by atoms with van der Waals surface area (Å²) < 4.78 is 5.56. The molecular formula is C31H44N4O5. The molecule has 1 fully saturated rings. The molecule has 0 spiro atoms. The monoisotopic (exact) mass is 552 g/mol. The summed E-state index contributed by atoms with van der Waals surface area (Å²) >= 11 is 0. The van der Waals surface area contributed by atoms with E-state index in [4.69, 9.17) is 4.74 Å². The first kappa shape index (κ1) is 31.2. The predicted molar refractivity (Wildman–Crippen MR) is 154 cm³/mol. The Balaban J connectivity index is 1.96. The second-order valence-electron chi connectivity index (χ2n) is 11.9. The van der Waals surface area contributed by atoms with Gasteiger partial charge in [0.05, 0.1) is 24.3 Å². The first-order chi connectivity index (χ1) is 18.9. The molecule has 2 unspecified atom stereocenters. The number of aromatic nitrogens is 1. The van der Waals surface area contributed by atoms with Crippen LogP contribution in [0.2, 0.25) is 0 Å². The standard InChI is InChI=1S/C31H44N4O5/c1-21(2)17-26(34(6)30(39)40-31(3,4)5)29(38)35(25-14-10-15-32-20-27(25)36)28(37)19-22-11-9-12-23(18-22)24-13-7-8-16-33-24/h7-9,11-13,16,18,21,25-27,32,36H,10,14-15,17,19-20H2,1-6H3/t25?,26?,27-/m0/s1. The molecule has 1 aromatic heterocycles. The third-order valence-electron chi connectivity index (χ3n) is 6.86. The molecular weight excluding hydrogens is 508 g/mol. The highest BCUT2D eigenvalue weighted by atomic mass is 16.6. The molecule has 3 rings (SSSR count). The summed E-state index contributed by atoms with van der Waals surface area (Å²) in [6.07, 6.45) is 1.62. The van der Waals surface area contributed by atoms with E-state index >= 15 is 0 Å². The van der Waals surface area contributed by atoms with Crippen molar-refractivity contribution in [3.05, 3.63) is 54.2 Å². The van der Waals surface area contributed by atoms with Crippen molar-refractivity contribution in [3.8, 4) is 11.3 Å². The van der Waals surface area contributed by atoms with E-state index in [-0.39, 0.29) is 18.9 Å². The largest absolute Gasteiger partial charge is 0.444 e. The van der Waals surface area contributed by atoms with E-state index in [9.17, 15) is 19.5 Å². The van der Waals surface area contributed by atoms with Gasteiger partial charge in [0.2, 0.25) is 5.91 Å². The number of hydrogen-bond donors (Lipinski definition) is 2. The van der Waals surface area contributed by atoms with Gasteiger partial charge in [-0.1, -0.05) is 38.1 Å². The molecule has 1 saturated heterocycles. The van der Waals surface area contributed by atoms with Gasteiger partial charge in [-0.3, -0.25) is 24.4 Å². The van der Waals surface area contributed by atoms with E-state index in [1.165, 1.54) is 16.8 Å². The lowest BCUT2D eigenvalue weighted by molar-refractivity contribution is -0.154. The van der Waals surface area contributed by atoms with Crippen LogP contribution in [0, 0.1) is 5.92 Å². The molecule has 1 aliphatic rings. The number of likely N-dealkylation sites (N-methyl/N-ethyl adjacent to an activating group) is 1. The van der Waals surface area contributed by atoms with Crippen LogP contribution in [0.5, 0.6) is 0 Å². The Bertz CT molecular complexity index is 1150. The quantitative estimate of drug-likeness (QED) is 0.508. The number of aliphatic hydroxyl groups excluding tert-OH is 1. The highest BCUT2D eigenvalue weighted by Crippen LogP contribution is 2.24. The maximum absolute atomic E-state index is 14.3. The number of rotatable bonds is 8. The average molecular weight is 553 g/mol. The van der Waals surface area contributed by atoms with Crippen molar-refractivity contribution >= 4 is 17.9 Å². The van der Waals surface area contributed by atoms with Gasteiger partial charge in [-0.15, -0.1) is 0 Å². The molecule has 0 radical (unpaired) electrons. The summed E-state index contributed by atoms with van der Waals surface area (Å²) in [5.41, 5.74) is 1.64. The van der Waals surface area contributed by atoms with Crippen LogP contribution in [0.25, 0.3) is 11.3 Å². The molecule has 0 aliphatic carbocycles. The third-order valence-corrected chi connectivity index (χ3v) is 6.86. The van der Waals surface area contributed by atoms with Crippen LogP contribution in [0.15, 0.2) is 48.7 Å². The Morgan fingerprint density at radius 3 is 2.55 bits per heavy atom. The predicted octanol–water partition coefficient (Wildman–Crippen LogP) is 4.04. The van der Waals surface area contributed by atoms with E-state index in [2.05, 4.69) is 10.3 Å². The minimum absolute atomic E-state index is 0.0341. The topological polar surface area (TPSA) is 112 Å². The zero-order valence-corrected chi connectivity index (χ0v) is 24.6. The fourth-order valence-corrected chi connectivity index (χ4v) is 4.91. The summed E-state index contributed by atoms with van der Waals surface area (Å²) in [6, 6.07) is 11.5. The first-order valence-electron chi connectivity index (χ1n) is 14.1. The molecule has 1 aromatic carbocycles. The van der Waals surface area contributed by atoms with Crippen molar-refractivity contribution in [2.75, 3.05) is 20.1 Å². The zero-order chi connectivity index (χ0) is 29.4. The maximum Gasteiger partial charge on any atom is 0.410 e. The molecule has 9 nitrogen and oxygen atoms in total. The molecule has 0 bridgehead atoms. The molecule has 0 saturated carbocycles. The summed E-state index contributed by atoms with van der Waals surface area (Å²) in [6.45, 7) is 10.2. The second kappa shape index (κ2) is 13.9. The number of pyridine rings is 1. The smallest absolute Gasteiger partial charge is 0.410 e. The van der Waals surface area contributed by atoms with Gasteiger partial charge in [0.15, 0.2) is 0 Å². The fraction of sp³-hybridized carbons (Fsp3) is 0.548. The highest BCUT2D eigenvalue weighted by Gasteiger charge is 2.41. The number of carbonyl (C=O) groups excluding carboxylic acids is 3. The van der Waals surface area contributed by atoms with Gasteiger partial charge >= 0.3 is 6.09 Å². The molecule has 40 heavy (non-hydrogen) atoms. The van der Waals surface area contributed by atoms with E-state index in [1.807, 2.05) is 56.3 Å². The minimum atomic E-state index is -0.929. The number of carbonyl (C=O) groups is 3. The van der Waals surface area contributed by atoms with Crippen LogP contribution in [0.1, 0.15) is 59.4 Å². The third kappa shape index (κ3) is 8.60. The minimum Gasteiger partial charge on any atom is -0.444 e. The molecule has 2 heterocycles. The SMILES string of the molecule is CC(C)CC(C(=O)N(C(=O)Cc1cccc(-c2ccccn2)c1)C1CCCNC[C@@H]1O)N(C)C(=O)OC(C)(C)C. The number of β-amino-alcohol motifs (C(OH)–C–C–N with tert-alkyl or cyclic N) is 1. The van der Waals surface area contributed by atoms with Gasteiger partial charge < -0.3 is 15.2 Å². The number of nitrogens with one attached hydrogen (secondary N) is 1. The van der Waals surface area contributed by atoms with Crippen LogP contribution < -0.4 is 5.32 Å². The Labute approximate surface area is 237 Å². The Hall–Kier alpha value is -3.30. The molecule has 1 aliphatic heterocycles. The number of amides is 3. The number of ether oxygens (including phenoxy) is 1. The molecule has 3 amide bonds. The van der Waals surface area contributed by atoms with Crippen molar-refractivity contribution in [2.24, 2.45) is 5.92 Å². The number of imide groups is 1. The van der Waals surface area contributed by atoms with Gasteiger partial charge in [-0.05, 0) is 76.3 Å². The Kier molecular flexibility index (Phi) is 10.8. The number of hydrogen-bond acceptors (Lipinski definition) is 7. The molecule has 3 atom stereocenters. The average Bonchev–Trinajstić information content (AvgIpc) is 3.10. The highest BCUT2D eigenvalue weighted by molar-refractivity contribution is 6.00. The second-order valence-corrected chi connectivity index (χ2v) is 11.9. The van der Waals surface area contributed by atoms with Crippen LogP contribution in [0.4, 0.5) is 4.79 Å². The van der Waals surface area contributed by atoms with E-state index in [1.54, 1.807) is 27.0 Å². The van der Waals surface area contributed by atoms with Gasteiger partial charge in [-0.25, -0.2) is 4.79 Å². The molecule has 218 valence electrons. The van der Waals surface area contributed by atoms with Crippen LogP contribution in [-0.2, 0) is 20.7 Å². The van der Waals surface area contributed by atoms with Gasteiger partial charge in [0.1, 0.15) is 11.6 Å². The van der Waals surface area contributed by atoms with Crippen molar-refractivity contribution in [3.63, 3.8) is 0 Å². The normalized spacial score (nSPS) is 18.5. The van der Waals surface area contributed by atoms with Gasteiger partial charge in [0.25, 0.3) is 5.91 Å². The summed E-state index contributed by atoms with van der Waals surface area (Å²) in [5, 5.41) is 14.2. The van der Waals surface area contributed by atoms with E-state index in [0.717, 1.165) is 16.8 Å². The van der Waals surface area contributed by atoms with Crippen LogP contribution >= 0.6 is 0 Å². The number of benzene rings is 1. The summed E-state index contributed by atoms with van der Waals surface area (Å²) in [4.78, 5) is 48.2. The lowest BCUT2D eigenvalue weighted by Gasteiger charge is -2.38. The van der Waals surface area contributed by atoms with Gasteiger partial charge in [0, 0.05) is 25.4 Å². The van der Waals surface area contributed by atoms with Gasteiger partial charge in [-0.2, -0.15) is 0 Å². The lowest BCUT2D eigenvalue weighted by atomic mass is 9.97. The van der Waals surface area contributed by atoms with Crippen molar-refractivity contribution < 1.29 is 24.2 Å². The first-order valence-corrected chi connectivity index (χ1v) is 14.1. The van der Waals surface area contributed by atoms with Crippen molar-refractivity contribution in [1.29, 1.82) is 0 Å². The van der Waals surface area contributed by atoms with E-state index in [0.29, 0.717) is 25.8 Å². The number of nitrogens with zero attached hydrogens (tertiary/aromatic N) is 3. The van der Waals surface area contributed by atoms with E-state index < -0.39 is 41.7 Å². The molecule has 2 aromatic rings. The summed E-state index contributed by atoms with van der Waals surface area (Å²) in [5.74, 6) is -0.856. The molecule has 2 N–H and O–H groups in total. The number of aliphatic hydroxyl groups is 1. The Morgan fingerprint density at radius 2 is 1.90 bits per heavy atom. The molecule has 9 heteroatoms.